The van der Waals surface area contributed by atoms with Crippen molar-refractivity contribution in [2.45, 2.75) is 6.42 Å². The molecule has 0 aromatic rings. The Balaban J connectivity index is 2.16. The summed E-state index contributed by atoms with van der Waals surface area (Å²) in [6.07, 6.45) is 0.432. The molecule has 1 aliphatic heterocycles. The fourth-order valence-electron chi connectivity index (χ4n) is 1.61. The van der Waals surface area contributed by atoms with Crippen LogP contribution in [0.5, 0.6) is 0 Å². The summed E-state index contributed by atoms with van der Waals surface area (Å²) in [5.41, 5.74) is 0. The summed E-state index contributed by atoms with van der Waals surface area (Å²) in [5.74, 6) is -0.0631. The molecule has 0 atom stereocenters. The highest BCUT2D eigenvalue weighted by molar-refractivity contribution is 5.84. The van der Waals surface area contributed by atoms with Gasteiger partial charge < -0.3 is 20.4 Å². The van der Waals surface area contributed by atoms with Crippen LogP contribution in [0.3, 0.4) is 0 Å². The normalized spacial score (nSPS) is 16.1. The maximum atomic E-state index is 11.7. The SMILES string of the molecule is CN(C)CCC(=O)NCC(=O)N1CCNCC1. The van der Waals surface area contributed by atoms with E-state index in [1.165, 1.54) is 0 Å². The molecule has 0 saturated carbocycles. The monoisotopic (exact) mass is 242 g/mol. The van der Waals surface area contributed by atoms with E-state index < -0.39 is 0 Å². The van der Waals surface area contributed by atoms with Crippen LogP contribution in [0.4, 0.5) is 0 Å². The fraction of sp³-hybridized carbons (Fsp3) is 0.818. The van der Waals surface area contributed by atoms with Gasteiger partial charge in [-0.15, -0.1) is 0 Å². The van der Waals surface area contributed by atoms with Crippen LogP contribution in [0.25, 0.3) is 0 Å². The maximum Gasteiger partial charge on any atom is 0.242 e. The third kappa shape index (κ3) is 5.65. The van der Waals surface area contributed by atoms with Gasteiger partial charge in [0.15, 0.2) is 0 Å². The first-order valence-corrected chi connectivity index (χ1v) is 5.99. The van der Waals surface area contributed by atoms with Crippen LogP contribution in [0.15, 0.2) is 0 Å². The lowest BCUT2D eigenvalue weighted by Crippen LogP contribution is -2.49. The second-order valence-electron chi connectivity index (χ2n) is 4.46. The van der Waals surface area contributed by atoms with E-state index in [4.69, 9.17) is 0 Å². The summed E-state index contributed by atoms with van der Waals surface area (Å²) >= 11 is 0. The zero-order chi connectivity index (χ0) is 12.7. The van der Waals surface area contributed by atoms with E-state index >= 15 is 0 Å². The molecule has 6 heteroatoms. The highest BCUT2D eigenvalue weighted by atomic mass is 16.2. The molecule has 0 radical (unpaired) electrons. The van der Waals surface area contributed by atoms with Crippen molar-refractivity contribution in [3.63, 3.8) is 0 Å². The van der Waals surface area contributed by atoms with Crippen LogP contribution in [0.1, 0.15) is 6.42 Å². The van der Waals surface area contributed by atoms with E-state index in [9.17, 15) is 9.59 Å². The van der Waals surface area contributed by atoms with Gasteiger partial charge in [0.2, 0.25) is 11.8 Å². The number of piperazine rings is 1. The van der Waals surface area contributed by atoms with Gasteiger partial charge in [0, 0.05) is 39.1 Å². The van der Waals surface area contributed by atoms with E-state index in [1.807, 2.05) is 19.0 Å². The summed E-state index contributed by atoms with van der Waals surface area (Å²) in [6.45, 7) is 3.94. The molecule has 1 saturated heterocycles. The number of hydrogen-bond donors (Lipinski definition) is 2. The zero-order valence-corrected chi connectivity index (χ0v) is 10.7. The first-order chi connectivity index (χ1) is 8.09. The molecule has 2 N–H and O–H groups in total. The second kappa shape index (κ2) is 7.24. The van der Waals surface area contributed by atoms with Crippen molar-refractivity contribution in [2.75, 3.05) is 53.4 Å². The second-order valence-corrected chi connectivity index (χ2v) is 4.46. The van der Waals surface area contributed by atoms with Gasteiger partial charge in [-0.05, 0) is 14.1 Å². The van der Waals surface area contributed by atoms with Gasteiger partial charge in [-0.1, -0.05) is 0 Å². The lowest BCUT2D eigenvalue weighted by atomic mass is 10.3. The lowest BCUT2D eigenvalue weighted by Gasteiger charge is -2.27. The van der Waals surface area contributed by atoms with Crippen molar-refractivity contribution in [1.82, 2.24) is 20.4 Å². The third-order valence-corrected chi connectivity index (χ3v) is 2.69. The molecular weight excluding hydrogens is 220 g/mol. The molecule has 0 aromatic heterocycles. The van der Waals surface area contributed by atoms with Crippen molar-refractivity contribution in [2.24, 2.45) is 0 Å². The Morgan fingerprint density at radius 2 is 1.94 bits per heavy atom. The quantitative estimate of drug-likeness (QED) is 0.615. The van der Waals surface area contributed by atoms with E-state index in [2.05, 4.69) is 10.6 Å². The van der Waals surface area contributed by atoms with Crippen LogP contribution >= 0.6 is 0 Å². The van der Waals surface area contributed by atoms with E-state index in [0.29, 0.717) is 13.0 Å². The van der Waals surface area contributed by atoms with E-state index in [0.717, 1.165) is 26.2 Å². The fourth-order valence-corrected chi connectivity index (χ4v) is 1.61. The molecule has 2 amide bonds. The smallest absolute Gasteiger partial charge is 0.242 e. The summed E-state index contributed by atoms with van der Waals surface area (Å²) in [7, 11) is 3.83. The Labute approximate surface area is 102 Å². The van der Waals surface area contributed by atoms with Crippen LogP contribution in [-0.4, -0.2) is 75.0 Å². The molecule has 0 bridgehead atoms. The molecule has 0 aliphatic carbocycles. The minimum Gasteiger partial charge on any atom is -0.347 e. The van der Waals surface area contributed by atoms with Crippen LogP contribution < -0.4 is 10.6 Å². The summed E-state index contributed by atoms with van der Waals surface area (Å²) in [6, 6.07) is 0. The highest BCUT2D eigenvalue weighted by Gasteiger charge is 2.16. The largest absolute Gasteiger partial charge is 0.347 e. The highest BCUT2D eigenvalue weighted by Crippen LogP contribution is 1.92. The Hall–Kier alpha value is -1.14. The predicted octanol–water partition coefficient (Wildman–Crippen LogP) is -1.51. The van der Waals surface area contributed by atoms with Crippen molar-refractivity contribution >= 4 is 11.8 Å². The number of nitrogens with one attached hydrogen (secondary N) is 2. The summed E-state index contributed by atoms with van der Waals surface area (Å²) in [4.78, 5) is 26.9. The number of carbonyl (C=O) groups is 2. The number of amides is 2. The van der Waals surface area contributed by atoms with Gasteiger partial charge in [-0.3, -0.25) is 9.59 Å². The van der Waals surface area contributed by atoms with Crippen LogP contribution in [-0.2, 0) is 9.59 Å². The molecule has 1 rings (SSSR count). The Morgan fingerprint density at radius 3 is 2.53 bits per heavy atom. The average Bonchev–Trinajstić information content (AvgIpc) is 2.34. The van der Waals surface area contributed by atoms with Gasteiger partial charge in [-0.25, -0.2) is 0 Å². The van der Waals surface area contributed by atoms with Crippen molar-refractivity contribution < 1.29 is 9.59 Å². The minimum atomic E-state index is -0.0674. The first kappa shape index (κ1) is 13.9. The molecule has 1 heterocycles. The number of rotatable bonds is 5. The lowest BCUT2D eigenvalue weighted by molar-refractivity contribution is -0.133. The van der Waals surface area contributed by atoms with Crippen molar-refractivity contribution in [3.05, 3.63) is 0 Å². The van der Waals surface area contributed by atoms with Gasteiger partial charge in [0.25, 0.3) is 0 Å². The number of nitrogens with zero attached hydrogens (tertiary/aromatic N) is 2. The molecule has 0 unspecified atom stereocenters. The molecule has 1 fully saturated rings. The standard InChI is InChI=1S/C11H22N4O2/c1-14(2)6-3-10(16)13-9-11(17)15-7-4-12-5-8-15/h12H,3-9H2,1-2H3,(H,13,16). The molecule has 17 heavy (non-hydrogen) atoms. The molecule has 6 nitrogen and oxygen atoms in total. The molecule has 1 aliphatic rings. The zero-order valence-electron chi connectivity index (χ0n) is 10.7. The number of carbonyl (C=O) groups excluding carboxylic acids is 2. The van der Waals surface area contributed by atoms with Crippen LogP contribution in [0, 0.1) is 0 Å². The molecule has 0 aromatic carbocycles. The number of hydrogen-bond acceptors (Lipinski definition) is 4. The van der Waals surface area contributed by atoms with Gasteiger partial charge in [0.05, 0.1) is 6.54 Å². The average molecular weight is 242 g/mol. The van der Waals surface area contributed by atoms with Gasteiger partial charge in [0.1, 0.15) is 0 Å². The maximum absolute atomic E-state index is 11.7. The summed E-state index contributed by atoms with van der Waals surface area (Å²) < 4.78 is 0. The van der Waals surface area contributed by atoms with Crippen molar-refractivity contribution in [3.8, 4) is 0 Å². The third-order valence-electron chi connectivity index (χ3n) is 2.69. The van der Waals surface area contributed by atoms with Crippen molar-refractivity contribution in [1.29, 1.82) is 0 Å². The predicted molar refractivity (Wildman–Crippen MR) is 65.6 cm³/mol. The molecule has 98 valence electrons. The molecule has 0 spiro atoms. The Morgan fingerprint density at radius 1 is 1.29 bits per heavy atom. The van der Waals surface area contributed by atoms with Gasteiger partial charge >= 0.3 is 0 Å². The first-order valence-electron chi connectivity index (χ1n) is 5.99. The summed E-state index contributed by atoms with van der Waals surface area (Å²) in [5, 5.41) is 5.84. The van der Waals surface area contributed by atoms with E-state index in [1.54, 1.807) is 4.90 Å². The van der Waals surface area contributed by atoms with Crippen LogP contribution in [0.2, 0.25) is 0 Å². The minimum absolute atomic E-state index is 0.00435. The Kier molecular flexibility index (Phi) is 5.93. The Bertz CT molecular complexity index is 262. The van der Waals surface area contributed by atoms with E-state index in [-0.39, 0.29) is 18.4 Å². The topological polar surface area (TPSA) is 64.7 Å². The molecular formula is C11H22N4O2. The van der Waals surface area contributed by atoms with Gasteiger partial charge in [-0.2, -0.15) is 0 Å².